The predicted octanol–water partition coefficient (Wildman–Crippen LogP) is 1.82. The number of hydrogen-bond acceptors (Lipinski definition) is 3. The van der Waals surface area contributed by atoms with Crippen molar-refractivity contribution in [2.75, 3.05) is 20.2 Å². The molecule has 19 heavy (non-hydrogen) atoms. The Bertz CT molecular complexity index is 388. The molecule has 0 heterocycles. The van der Waals surface area contributed by atoms with Crippen LogP contribution in [-0.2, 0) is 11.2 Å². The first-order valence-corrected chi connectivity index (χ1v) is 6.74. The summed E-state index contributed by atoms with van der Waals surface area (Å²) in [6, 6.07) is 8.06. The van der Waals surface area contributed by atoms with E-state index in [1.165, 1.54) is 5.56 Å². The lowest BCUT2D eigenvalue weighted by molar-refractivity contribution is -0.131. The maximum Gasteiger partial charge on any atom is 0.260 e. The van der Waals surface area contributed by atoms with Crippen molar-refractivity contribution < 1.29 is 9.53 Å². The normalized spacial score (nSPS) is 12.0. The molecule has 4 heteroatoms. The predicted molar refractivity (Wildman–Crippen MR) is 77.2 cm³/mol. The highest BCUT2D eigenvalue weighted by atomic mass is 16.5. The molecule has 2 N–H and O–H groups in total. The van der Waals surface area contributed by atoms with Gasteiger partial charge < -0.3 is 15.4 Å². The molecule has 0 aliphatic rings. The Morgan fingerprint density at radius 1 is 1.37 bits per heavy atom. The zero-order chi connectivity index (χ0) is 14.3. The van der Waals surface area contributed by atoms with E-state index in [0.717, 1.165) is 18.6 Å². The number of amides is 1. The maximum absolute atomic E-state index is 11.6. The number of aryl methyl sites for hydroxylation is 1. The van der Waals surface area contributed by atoms with Crippen molar-refractivity contribution in [3.63, 3.8) is 0 Å². The van der Waals surface area contributed by atoms with Gasteiger partial charge in [-0.05, 0) is 44.4 Å². The minimum atomic E-state index is -0.0106. The van der Waals surface area contributed by atoms with Gasteiger partial charge in [-0.2, -0.15) is 0 Å². The second-order valence-electron chi connectivity index (χ2n) is 4.86. The van der Waals surface area contributed by atoms with Crippen LogP contribution in [0.1, 0.15) is 25.8 Å². The van der Waals surface area contributed by atoms with Gasteiger partial charge in [0, 0.05) is 19.6 Å². The summed E-state index contributed by atoms with van der Waals surface area (Å²) < 4.78 is 5.46. The molecule has 1 unspecified atom stereocenters. The highest BCUT2D eigenvalue weighted by molar-refractivity contribution is 5.77. The Hall–Kier alpha value is -1.55. The van der Waals surface area contributed by atoms with E-state index in [0.29, 0.717) is 6.54 Å². The maximum atomic E-state index is 11.6. The molecule has 4 nitrogen and oxygen atoms in total. The summed E-state index contributed by atoms with van der Waals surface area (Å²) >= 11 is 0. The Kier molecular flexibility index (Phi) is 6.36. The Morgan fingerprint density at radius 2 is 2.00 bits per heavy atom. The van der Waals surface area contributed by atoms with Crippen LogP contribution in [0.15, 0.2) is 24.3 Å². The standard InChI is InChI=1S/C15H24N2O2/c1-4-17(3)15(18)11-19-14-9-7-13(8-10-14)6-5-12(2)16/h7-10,12H,4-6,11,16H2,1-3H3. The minimum Gasteiger partial charge on any atom is -0.484 e. The van der Waals surface area contributed by atoms with Crippen molar-refractivity contribution in [2.24, 2.45) is 5.73 Å². The monoisotopic (exact) mass is 264 g/mol. The number of carbonyl (C=O) groups is 1. The zero-order valence-corrected chi connectivity index (χ0v) is 12.1. The van der Waals surface area contributed by atoms with Crippen LogP contribution in [-0.4, -0.2) is 37.0 Å². The fraction of sp³-hybridized carbons (Fsp3) is 0.533. The lowest BCUT2D eigenvalue weighted by atomic mass is 10.1. The highest BCUT2D eigenvalue weighted by Gasteiger charge is 2.07. The molecule has 0 aliphatic carbocycles. The molecule has 1 atom stereocenters. The first-order valence-electron chi connectivity index (χ1n) is 6.74. The Balaban J connectivity index is 2.42. The smallest absolute Gasteiger partial charge is 0.260 e. The number of ether oxygens (including phenoxy) is 1. The second-order valence-corrected chi connectivity index (χ2v) is 4.86. The number of rotatable bonds is 7. The summed E-state index contributed by atoms with van der Waals surface area (Å²) in [4.78, 5) is 13.2. The second kappa shape index (κ2) is 7.79. The van der Waals surface area contributed by atoms with E-state index >= 15 is 0 Å². The molecule has 1 amide bonds. The van der Waals surface area contributed by atoms with Crippen LogP contribution in [0, 0.1) is 0 Å². The van der Waals surface area contributed by atoms with Crippen LogP contribution < -0.4 is 10.5 Å². The number of nitrogens with two attached hydrogens (primary N) is 1. The molecule has 1 rings (SSSR count). The lowest BCUT2D eigenvalue weighted by Crippen LogP contribution is -2.31. The van der Waals surface area contributed by atoms with Gasteiger partial charge in [-0.1, -0.05) is 12.1 Å². The van der Waals surface area contributed by atoms with Crippen LogP contribution in [0.25, 0.3) is 0 Å². The lowest BCUT2D eigenvalue weighted by Gasteiger charge is -2.15. The first kappa shape index (κ1) is 15.5. The van der Waals surface area contributed by atoms with Crippen molar-refractivity contribution in [2.45, 2.75) is 32.7 Å². The molecule has 1 aromatic carbocycles. The topological polar surface area (TPSA) is 55.6 Å². The number of likely N-dealkylation sites (N-methyl/N-ethyl adjacent to an activating group) is 1. The van der Waals surface area contributed by atoms with E-state index in [-0.39, 0.29) is 18.6 Å². The largest absolute Gasteiger partial charge is 0.484 e. The van der Waals surface area contributed by atoms with Gasteiger partial charge in [0.25, 0.3) is 5.91 Å². The van der Waals surface area contributed by atoms with Crippen molar-refractivity contribution in [3.8, 4) is 5.75 Å². The molecule has 0 bridgehead atoms. The molecule has 0 spiro atoms. The van der Waals surface area contributed by atoms with E-state index in [4.69, 9.17) is 10.5 Å². The summed E-state index contributed by atoms with van der Waals surface area (Å²) in [5, 5.41) is 0. The summed E-state index contributed by atoms with van der Waals surface area (Å²) in [6.07, 6.45) is 1.94. The molecule has 0 aliphatic heterocycles. The van der Waals surface area contributed by atoms with E-state index in [2.05, 4.69) is 0 Å². The van der Waals surface area contributed by atoms with Gasteiger partial charge in [0.2, 0.25) is 0 Å². The van der Waals surface area contributed by atoms with Gasteiger partial charge in [0.1, 0.15) is 5.75 Å². The van der Waals surface area contributed by atoms with Crippen molar-refractivity contribution >= 4 is 5.91 Å². The first-order chi connectivity index (χ1) is 9.02. The van der Waals surface area contributed by atoms with Gasteiger partial charge in [-0.25, -0.2) is 0 Å². The average molecular weight is 264 g/mol. The third-order valence-corrected chi connectivity index (χ3v) is 3.07. The van der Waals surface area contributed by atoms with Crippen LogP contribution in [0.4, 0.5) is 0 Å². The molecule has 0 fully saturated rings. The van der Waals surface area contributed by atoms with E-state index in [1.54, 1.807) is 11.9 Å². The third kappa shape index (κ3) is 5.75. The van der Waals surface area contributed by atoms with E-state index < -0.39 is 0 Å². The van der Waals surface area contributed by atoms with Crippen LogP contribution in [0.2, 0.25) is 0 Å². The Morgan fingerprint density at radius 3 is 2.53 bits per heavy atom. The third-order valence-electron chi connectivity index (χ3n) is 3.07. The summed E-state index contributed by atoms with van der Waals surface area (Å²) in [7, 11) is 1.77. The zero-order valence-electron chi connectivity index (χ0n) is 12.1. The molecule has 0 saturated carbocycles. The van der Waals surface area contributed by atoms with Gasteiger partial charge in [-0.3, -0.25) is 4.79 Å². The van der Waals surface area contributed by atoms with Crippen molar-refractivity contribution in [1.29, 1.82) is 0 Å². The van der Waals surface area contributed by atoms with Crippen molar-refractivity contribution in [1.82, 2.24) is 4.90 Å². The van der Waals surface area contributed by atoms with Gasteiger partial charge >= 0.3 is 0 Å². The number of carbonyl (C=O) groups excluding carboxylic acids is 1. The molecule has 0 radical (unpaired) electrons. The van der Waals surface area contributed by atoms with Gasteiger partial charge in [-0.15, -0.1) is 0 Å². The summed E-state index contributed by atoms with van der Waals surface area (Å²) in [5.74, 6) is 0.714. The van der Waals surface area contributed by atoms with E-state index in [9.17, 15) is 4.79 Å². The molecular formula is C15H24N2O2. The molecule has 106 valence electrons. The van der Waals surface area contributed by atoms with Crippen molar-refractivity contribution in [3.05, 3.63) is 29.8 Å². The highest BCUT2D eigenvalue weighted by Crippen LogP contribution is 2.13. The fourth-order valence-electron chi connectivity index (χ4n) is 1.58. The minimum absolute atomic E-state index is 0.0106. The van der Waals surface area contributed by atoms with Gasteiger partial charge in [0.05, 0.1) is 0 Å². The Labute approximate surface area is 115 Å². The summed E-state index contributed by atoms with van der Waals surface area (Å²) in [5.41, 5.74) is 6.96. The quantitative estimate of drug-likeness (QED) is 0.817. The number of nitrogens with zero attached hydrogens (tertiary/aromatic N) is 1. The number of benzene rings is 1. The van der Waals surface area contributed by atoms with Crippen LogP contribution in [0.3, 0.4) is 0 Å². The van der Waals surface area contributed by atoms with Crippen LogP contribution >= 0.6 is 0 Å². The SMILES string of the molecule is CCN(C)C(=O)COc1ccc(CCC(C)N)cc1. The molecule has 0 aromatic heterocycles. The fourth-order valence-corrected chi connectivity index (χ4v) is 1.58. The van der Waals surface area contributed by atoms with Crippen LogP contribution in [0.5, 0.6) is 5.75 Å². The average Bonchev–Trinajstić information content (AvgIpc) is 2.42. The van der Waals surface area contributed by atoms with Gasteiger partial charge in [0.15, 0.2) is 6.61 Å². The molecule has 1 aromatic rings. The molecule has 0 saturated heterocycles. The number of hydrogen-bond donors (Lipinski definition) is 1. The summed E-state index contributed by atoms with van der Waals surface area (Å²) in [6.45, 7) is 4.72. The van der Waals surface area contributed by atoms with E-state index in [1.807, 2.05) is 38.1 Å². The molecular weight excluding hydrogens is 240 g/mol.